The Morgan fingerprint density at radius 2 is 2.16 bits per heavy atom. The van der Waals surface area contributed by atoms with Gasteiger partial charge in [0.15, 0.2) is 10.6 Å². The van der Waals surface area contributed by atoms with Crippen molar-refractivity contribution in [1.82, 2.24) is 9.55 Å². The van der Waals surface area contributed by atoms with E-state index in [0.29, 0.717) is 12.0 Å². The molecule has 3 unspecified atom stereocenters. The maximum absolute atomic E-state index is 5.71. The predicted molar refractivity (Wildman–Crippen MR) is 101 cm³/mol. The van der Waals surface area contributed by atoms with E-state index in [1.807, 2.05) is 30.5 Å². The summed E-state index contributed by atoms with van der Waals surface area (Å²) in [5.41, 5.74) is 2.02. The molecule has 3 aromatic rings. The molecule has 1 aliphatic carbocycles. The van der Waals surface area contributed by atoms with Crippen molar-refractivity contribution in [2.45, 2.75) is 39.2 Å². The van der Waals surface area contributed by atoms with Gasteiger partial charge in [0.05, 0.1) is 23.8 Å². The SMILES string of the molecule is CC1CCCC(n2c(-c3ccco3)csc2=Nc2cccnc2)C1C. The highest BCUT2D eigenvalue weighted by molar-refractivity contribution is 7.07. The molecule has 1 aliphatic rings. The number of hydrogen-bond donors (Lipinski definition) is 0. The monoisotopic (exact) mass is 353 g/mol. The summed E-state index contributed by atoms with van der Waals surface area (Å²) >= 11 is 1.67. The molecule has 1 fully saturated rings. The first-order chi connectivity index (χ1) is 12.2. The summed E-state index contributed by atoms with van der Waals surface area (Å²) in [6.45, 7) is 4.74. The summed E-state index contributed by atoms with van der Waals surface area (Å²) < 4.78 is 8.11. The van der Waals surface area contributed by atoms with Crippen LogP contribution in [-0.2, 0) is 0 Å². The number of aromatic nitrogens is 2. The Balaban J connectivity index is 1.87. The van der Waals surface area contributed by atoms with Crippen LogP contribution < -0.4 is 4.80 Å². The Bertz CT molecular complexity index is 879. The number of hydrogen-bond acceptors (Lipinski definition) is 4. The van der Waals surface area contributed by atoms with Crippen LogP contribution in [0.5, 0.6) is 0 Å². The van der Waals surface area contributed by atoms with Crippen LogP contribution in [0.25, 0.3) is 11.5 Å². The average Bonchev–Trinajstić information content (AvgIpc) is 3.28. The highest BCUT2D eigenvalue weighted by Crippen LogP contribution is 2.39. The first-order valence-corrected chi connectivity index (χ1v) is 9.80. The molecule has 3 heterocycles. The Morgan fingerprint density at radius 3 is 2.92 bits per heavy atom. The lowest BCUT2D eigenvalue weighted by Gasteiger charge is -2.35. The van der Waals surface area contributed by atoms with Crippen molar-refractivity contribution in [2.24, 2.45) is 16.8 Å². The van der Waals surface area contributed by atoms with Crippen LogP contribution in [0.2, 0.25) is 0 Å². The van der Waals surface area contributed by atoms with Gasteiger partial charge in [-0.05, 0) is 42.5 Å². The largest absolute Gasteiger partial charge is 0.463 e. The van der Waals surface area contributed by atoms with E-state index in [2.05, 4.69) is 28.8 Å². The van der Waals surface area contributed by atoms with Gasteiger partial charge in [-0.1, -0.05) is 26.7 Å². The van der Waals surface area contributed by atoms with E-state index in [9.17, 15) is 0 Å². The quantitative estimate of drug-likeness (QED) is 0.630. The van der Waals surface area contributed by atoms with E-state index in [4.69, 9.17) is 9.41 Å². The summed E-state index contributed by atoms with van der Waals surface area (Å²) in [6, 6.07) is 8.35. The summed E-state index contributed by atoms with van der Waals surface area (Å²) in [5, 5.41) is 2.17. The fourth-order valence-corrected chi connectivity index (χ4v) is 4.73. The lowest BCUT2D eigenvalue weighted by atomic mass is 9.78. The average molecular weight is 353 g/mol. The molecular weight excluding hydrogens is 330 g/mol. The molecule has 4 rings (SSSR count). The lowest BCUT2D eigenvalue weighted by Crippen LogP contribution is -2.32. The molecule has 4 nitrogen and oxygen atoms in total. The first kappa shape index (κ1) is 16.3. The van der Waals surface area contributed by atoms with Crippen LogP contribution in [0.15, 0.2) is 57.7 Å². The molecule has 0 radical (unpaired) electrons. The highest BCUT2D eigenvalue weighted by Gasteiger charge is 2.31. The van der Waals surface area contributed by atoms with Crippen molar-refractivity contribution in [3.63, 3.8) is 0 Å². The molecule has 25 heavy (non-hydrogen) atoms. The Hall–Kier alpha value is -2.14. The van der Waals surface area contributed by atoms with E-state index in [-0.39, 0.29) is 0 Å². The number of nitrogens with zero attached hydrogens (tertiary/aromatic N) is 3. The zero-order chi connectivity index (χ0) is 17.2. The van der Waals surface area contributed by atoms with Gasteiger partial charge in [-0.2, -0.15) is 0 Å². The number of furan rings is 1. The molecule has 0 aromatic carbocycles. The van der Waals surface area contributed by atoms with Gasteiger partial charge in [-0.3, -0.25) is 4.98 Å². The molecule has 0 bridgehead atoms. The summed E-state index contributed by atoms with van der Waals surface area (Å²) in [4.78, 5) is 10.1. The van der Waals surface area contributed by atoms with Gasteiger partial charge in [0, 0.05) is 17.6 Å². The maximum atomic E-state index is 5.71. The van der Waals surface area contributed by atoms with Crippen molar-refractivity contribution in [3.8, 4) is 11.5 Å². The highest BCUT2D eigenvalue weighted by atomic mass is 32.1. The van der Waals surface area contributed by atoms with Gasteiger partial charge in [0.1, 0.15) is 0 Å². The van der Waals surface area contributed by atoms with Gasteiger partial charge >= 0.3 is 0 Å². The molecule has 0 aliphatic heterocycles. The third-order valence-corrected chi connectivity index (χ3v) is 6.22. The molecule has 0 spiro atoms. The minimum atomic E-state index is 0.450. The third-order valence-electron chi connectivity index (χ3n) is 5.38. The molecule has 1 saturated carbocycles. The second-order valence-corrected chi connectivity index (χ2v) is 7.75. The minimum Gasteiger partial charge on any atom is -0.463 e. The topological polar surface area (TPSA) is 43.3 Å². The van der Waals surface area contributed by atoms with Gasteiger partial charge in [0.2, 0.25) is 0 Å². The minimum absolute atomic E-state index is 0.450. The zero-order valence-electron chi connectivity index (χ0n) is 14.6. The van der Waals surface area contributed by atoms with Crippen LogP contribution in [-0.4, -0.2) is 9.55 Å². The Labute approximate surface area is 151 Å². The molecule has 0 saturated heterocycles. The van der Waals surface area contributed by atoms with E-state index < -0.39 is 0 Å². The summed E-state index contributed by atoms with van der Waals surface area (Å²) in [7, 11) is 0. The van der Waals surface area contributed by atoms with Crippen LogP contribution >= 0.6 is 11.3 Å². The van der Waals surface area contributed by atoms with E-state index in [0.717, 1.165) is 27.9 Å². The summed E-state index contributed by atoms with van der Waals surface area (Å²) in [5.74, 6) is 2.25. The van der Waals surface area contributed by atoms with Crippen molar-refractivity contribution in [3.05, 3.63) is 53.1 Å². The Morgan fingerprint density at radius 1 is 1.24 bits per heavy atom. The predicted octanol–water partition coefficient (Wildman–Crippen LogP) is 5.43. The number of rotatable bonds is 3. The standard InChI is InChI=1S/C20H23N3OS/c1-14-6-3-8-17(15(14)2)23-18(19-9-5-11-24-19)13-25-20(23)22-16-7-4-10-21-12-16/h4-5,7,9-15,17H,3,6,8H2,1-2H3. The smallest absolute Gasteiger partial charge is 0.190 e. The molecule has 0 N–H and O–H groups in total. The third kappa shape index (κ3) is 3.21. The lowest BCUT2D eigenvalue weighted by molar-refractivity contribution is 0.185. The Kier molecular flexibility index (Phi) is 4.57. The van der Waals surface area contributed by atoms with E-state index >= 15 is 0 Å². The van der Waals surface area contributed by atoms with Gasteiger partial charge in [-0.15, -0.1) is 11.3 Å². The normalized spacial score (nSPS) is 24.6. The fraction of sp³-hybridized carbons (Fsp3) is 0.400. The number of pyridine rings is 1. The molecule has 5 heteroatoms. The van der Waals surface area contributed by atoms with Gasteiger partial charge in [0.25, 0.3) is 0 Å². The zero-order valence-corrected chi connectivity index (χ0v) is 15.4. The molecule has 3 aromatic heterocycles. The van der Waals surface area contributed by atoms with E-state index in [1.165, 1.54) is 19.3 Å². The second kappa shape index (κ2) is 7.00. The van der Waals surface area contributed by atoms with Crippen molar-refractivity contribution in [1.29, 1.82) is 0 Å². The van der Waals surface area contributed by atoms with Crippen LogP contribution in [0.1, 0.15) is 39.2 Å². The second-order valence-electron chi connectivity index (χ2n) is 6.91. The first-order valence-electron chi connectivity index (χ1n) is 8.92. The molecule has 3 atom stereocenters. The molecule has 130 valence electrons. The van der Waals surface area contributed by atoms with Crippen LogP contribution in [0.3, 0.4) is 0 Å². The van der Waals surface area contributed by atoms with Crippen molar-refractivity contribution >= 4 is 17.0 Å². The van der Waals surface area contributed by atoms with Crippen molar-refractivity contribution in [2.75, 3.05) is 0 Å². The summed E-state index contributed by atoms with van der Waals surface area (Å²) in [6.07, 6.45) is 9.10. The maximum Gasteiger partial charge on any atom is 0.190 e. The molecule has 0 amide bonds. The van der Waals surface area contributed by atoms with Crippen LogP contribution in [0, 0.1) is 11.8 Å². The van der Waals surface area contributed by atoms with Gasteiger partial charge in [-0.25, -0.2) is 4.99 Å². The van der Waals surface area contributed by atoms with Gasteiger partial charge < -0.3 is 8.98 Å². The van der Waals surface area contributed by atoms with Crippen molar-refractivity contribution < 1.29 is 4.42 Å². The molecular formula is C20H23N3OS. The van der Waals surface area contributed by atoms with E-state index in [1.54, 1.807) is 23.8 Å². The number of thiazole rings is 1. The fourth-order valence-electron chi connectivity index (χ4n) is 3.78. The van der Waals surface area contributed by atoms with Crippen LogP contribution in [0.4, 0.5) is 5.69 Å².